The van der Waals surface area contributed by atoms with Crippen LogP contribution in [-0.4, -0.2) is 10.7 Å². The summed E-state index contributed by atoms with van der Waals surface area (Å²) < 4.78 is 0. The van der Waals surface area contributed by atoms with E-state index in [0.29, 0.717) is 5.56 Å². The van der Waals surface area contributed by atoms with E-state index in [0.717, 1.165) is 11.3 Å². The van der Waals surface area contributed by atoms with Crippen LogP contribution in [0.15, 0.2) is 11.4 Å². The Balaban J connectivity index is 2.84. The first kappa shape index (κ1) is 11.3. The van der Waals surface area contributed by atoms with Gasteiger partial charge in [0, 0.05) is 29.3 Å². The minimum Gasteiger partial charge on any atom is -0.294 e. The van der Waals surface area contributed by atoms with Gasteiger partial charge in [-0.25, -0.2) is 0 Å². The van der Waals surface area contributed by atoms with Crippen LogP contribution in [0.4, 0.5) is 5.00 Å². The third-order valence-electron chi connectivity index (χ3n) is 1.90. The van der Waals surface area contributed by atoms with E-state index in [9.17, 15) is 14.9 Å². The Morgan fingerprint density at radius 2 is 2.47 bits per heavy atom. The molecule has 0 bridgehead atoms. The zero-order chi connectivity index (χ0) is 11.4. The second kappa shape index (κ2) is 4.66. The van der Waals surface area contributed by atoms with Crippen LogP contribution in [0.1, 0.15) is 23.7 Å². The third kappa shape index (κ3) is 2.60. The van der Waals surface area contributed by atoms with Gasteiger partial charge in [0.05, 0.1) is 11.0 Å². The number of rotatable bonds is 4. The summed E-state index contributed by atoms with van der Waals surface area (Å²) in [5.41, 5.74) is 0.314. The van der Waals surface area contributed by atoms with Crippen LogP contribution in [0.2, 0.25) is 0 Å². The highest BCUT2D eigenvalue weighted by Crippen LogP contribution is 2.24. The molecule has 0 aromatic carbocycles. The third-order valence-corrected chi connectivity index (χ3v) is 2.78. The molecule has 0 amide bonds. The van der Waals surface area contributed by atoms with Gasteiger partial charge in [0.15, 0.2) is 5.78 Å². The first-order valence-corrected chi connectivity index (χ1v) is 5.08. The lowest BCUT2D eigenvalue weighted by Crippen LogP contribution is -2.09. The highest BCUT2D eigenvalue weighted by atomic mass is 32.1. The highest BCUT2D eigenvalue weighted by molar-refractivity contribution is 7.13. The van der Waals surface area contributed by atoms with Crippen molar-refractivity contribution in [1.29, 1.82) is 5.26 Å². The number of Topliss-reactive ketones (excluding diaryl/α,β-unsaturated/α-hetero) is 1. The predicted molar refractivity (Wildman–Crippen MR) is 54.7 cm³/mol. The molecule has 0 saturated heterocycles. The number of ketones is 1. The van der Waals surface area contributed by atoms with Crippen LogP contribution in [0.3, 0.4) is 0 Å². The fourth-order valence-corrected chi connectivity index (χ4v) is 1.78. The van der Waals surface area contributed by atoms with Crippen molar-refractivity contribution in [3.05, 3.63) is 27.1 Å². The second-order valence-electron chi connectivity index (χ2n) is 3.06. The van der Waals surface area contributed by atoms with Gasteiger partial charge >= 0.3 is 5.00 Å². The summed E-state index contributed by atoms with van der Waals surface area (Å²) in [6.07, 6.45) is 0.127. The van der Waals surface area contributed by atoms with Crippen LogP contribution in [0.25, 0.3) is 0 Å². The molecule has 0 spiro atoms. The lowest BCUT2D eigenvalue weighted by Gasteiger charge is -2.02. The number of nitriles is 1. The molecule has 0 saturated carbocycles. The summed E-state index contributed by atoms with van der Waals surface area (Å²) in [6, 6.07) is 3.15. The largest absolute Gasteiger partial charge is 0.324 e. The van der Waals surface area contributed by atoms with Gasteiger partial charge in [0.1, 0.15) is 0 Å². The van der Waals surface area contributed by atoms with Gasteiger partial charge in [-0.1, -0.05) is 18.3 Å². The Labute approximate surface area is 90.1 Å². The fourth-order valence-electron chi connectivity index (χ4n) is 1.06. The van der Waals surface area contributed by atoms with Crippen molar-refractivity contribution >= 4 is 22.1 Å². The molecule has 1 atom stereocenters. The molecule has 1 heterocycles. The standard InChI is InChI=1S/C9H8N2O3S/c1-6(2-3-10)9(12)7-4-8(11(13)14)15-5-7/h4-6H,2H2,1H3. The number of hydrogen-bond donors (Lipinski definition) is 0. The minimum atomic E-state index is -0.531. The SMILES string of the molecule is CC(CC#N)C(=O)c1csc([N+](=O)[O-])c1. The molecule has 0 aliphatic rings. The van der Waals surface area contributed by atoms with Crippen molar-refractivity contribution in [3.8, 4) is 6.07 Å². The van der Waals surface area contributed by atoms with Crippen LogP contribution < -0.4 is 0 Å². The highest BCUT2D eigenvalue weighted by Gasteiger charge is 2.19. The quantitative estimate of drug-likeness (QED) is 0.446. The first-order chi connectivity index (χ1) is 7.06. The molecule has 0 radical (unpaired) electrons. The van der Waals surface area contributed by atoms with Crippen LogP contribution in [-0.2, 0) is 0 Å². The molecule has 0 fully saturated rings. The molecule has 15 heavy (non-hydrogen) atoms. The average Bonchev–Trinajstić information content (AvgIpc) is 2.65. The first-order valence-electron chi connectivity index (χ1n) is 4.20. The molecule has 0 aliphatic carbocycles. The van der Waals surface area contributed by atoms with Crippen molar-refractivity contribution < 1.29 is 9.72 Å². The number of carbonyl (C=O) groups is 1. The van der Waals surface area contributed by atoms with Gasteiger partial charge in [-0.15, -0.1) is 0 Å². The molecular weight excluding hydrogens is 216 g/mol. The van der Waals surface area contributed by atoms with Crippen molar-refractivity contribution in [2.24, 2.45) is 5.92 Å². The van der Waals surface area contributed by atoms with E-state index < -0.39 is 10.8 Å². The van der Waals surface area contributed by atoms with E-state index in [1.165, 1.54) is 11.4 Å². The van der Waals surface area contributed by atoms with Gasteiger partial charge in [0.2, 0.25) is 0 Å². The van der Waals surface area contributed by atoms with Gasteiger partial charge in [-0.3, -0.25) is 14.9 Å². The zero-order valence-electron chi connectivity index (χ0n) is 7.97. The van der Waals surface area contributed by atoms with E-state index in [1.807, 2.05) is 6.07 Å². The van der Waals surface area contributed by atoms with Crippen LogP contribution in [0, 0.1) is 27.4 Å². The van der Waals surface area contributed by atoms with Gasteiger partial charge in [0.25, 0.3) is 0 Å². The minimum absolute atomic E-state index is 0.0532. The van der Waals surface area contributed by atoms with Crippen LogP contribution in [0.5, 0.6) is 0 Å². The summed E-state index contributed by atoms with van der Waals surface area (Å²) in [7, 11) is 0. The van der Waals surface area contributed by atoms with E-state index in [-0.39, 0.29) is 17.2 Å². The van der Waals surface area contributed by atoms with E-state index >= 15 is 0 Å². The van der Waals surface area contributed by atoms with Crippen LogP contribution >= 0.6 is 11.3 Å². The topological polar surface area (TPSA) is 84.0 Å². The molecule has 0 N–H and O–H groups in total. The maximum atomic E-state index is 11.6. The molecule has 0 aliphatic heterocycles. The molecule has 1 unspecified atom stereocenters. The number of thiophene rings is 1. The molecule has 1 rings (SSSR count). The van der Waals surface area contributed by atoms with Crippen molar-refractivity contribution in [3.63, 3.8) is 0 Å². The van der Waals surface area contributed by atoms with Crippen molar-refractivity contribution in [2.75, 3.05) is 0 Å². The average molecular weight is 224 g/mol. The van der Waals surface area contributed by atoms with Gasteiger partial charge in [-0.2, -0.15) is 5.26 Å². The zero-order valence-corrected chi connectivity index (χ0v) is 8.78. The Morgan fingerprint density at radius 3 is 2.93 bits per heavy atom. The Kier molecular flexibility index (Phi) is 3.52. The summed E-state index contributed by atoms with van der Waals surface area (Å²) in [4.78, 5) is 21.5. The van der Waals surface area contributed by atoms with Gasteiger partial charge in [-0.05, 0) is 0 Å². The molecule has 1 aromatic rings. The Morgan fingerprint density at radius 1 is 1.80 bits per heavy atom. The normalized spacial score (nSPS) is 11.7. The van der Waals surface area contributed by atoms with E-state index in [1.54, 1.807) is 6.92 Å². The van der Waals surface area contributed by atoms with E-state index in [4.69, 9.17) is 5.26 Å². The fraction of sp³-hybridized carbons (Fsp3) is 0.333. The lowest BCUT2D eigenvalue weighted by molar-refractivity contribution is -0.380. The number of hydrogen-bond acceptors (Lipinski definition) is 5. The molecule has 6 heteroatoms. The summed E-state index contributed by atoms with van der Waals surface area (Å²) in [6.45, 7) is 1.63. The molecule has 1 aromatic heterocycles. The predicted octanol–water partition coefficient (Wildman–Crippen LogP) is 2.39. The Hall–Kier alpha value is -1.74. The molecule has 5 nitrogen and oxygen atoms in total. The Bertz CT molecular complexity index is 433. The van der Waals surface area contributed by atoms with Gasteiger partial charge < -0.3 is 0 Å². The maximum absolute atomic E-state index is 11.6. The smallest absolute Gasteiger partial charge is 0.294 e. The molecule has 78 valence electrons. The summed E-state index contributed by atoms with van der Waals surface area (Å²) in [5, 5.41) is 20.2. The summed E-state index contributed by atoms with van der Waals surface area (Å²) >= 11 is 0.919. The number of nitrogens with zero attached hydrogens (tertiary/aromatic N) is 2. The van der Waals surface area contributed by atoms with E-state index in [2.05, 4.69) is 0 Å². The molecular formula is C9H8N2O3S. The van der Waals surface area contributed by atoms with Crippen molar-refractivity contribution in [2.45, 2.75) is 13.3 Å². The number of nitro groups is 1. The monoisotopic (exact) mass is 224 g/mol. The second-order valence-corrected chi connectivity index (χ2v) is 3.95. The lowest BCUT2D eigenvalue weighted by atomic mass is 9.99. The van der Waals surface area contributed by atoms with Crippen molar-refractivity contribution in [1.82, 2.24) is 0 Å². The summed E-state index contributed by atoms with van der Waals surface area (Å²) in [5.74, 6) is -0.634. The maximum Gasteiger partial charge on any atom is 0.324 e. The number of carbonyl (C=O) groups excluding carboxylic acids is 1.